The van der Waals surface area contributed by atoms with Gasteiger partial charge in [0, 0.05) is 33.2 Å². The number of amides is 1. The topological polar surface area (TPSA) is 50.6 Å². The van der Waals surface area contributed by atoms with Gasteiger partial charge in [0.05, 0.1) is 15.9 Å². The summed E-state index contributed by atoms with van der Waals surface area (Å²) < 4.78 is 8.59. The maximum atomic E-state index is 11.9. The first kappa shape index (κ1) is 18.3. The third-order valence-corrected chi connectivity index (χ3v) is 4.70. The summed E-state index contributed by atoms with van der Waals surface area (Å²) in [6.45, 7) is 8.80. The molecule has 23 heavy (non-hydrogen) atoms. The Labute approximate surface area is 146 Å². The van der Waals surface area contributed by atoms with Crippen molar-refractivity contribution in [2.24, 2.45) is 0 Å². The van der Waals surface area contributed by atoms with Crippen LogP contribution in [0, 0.1) is 0 Å². The summed E-state index contributed by atoms with van der Waals surface area (Å²) in [5.41, 5.74) is 1.92. The lowest BCUT2D eigenvalue weighted by Crippen LogP contribution is -2.38. The van der Waals surface area contributed by atoms with Gasteiger partial charge < -0.3 is 9.64 Å². The SMILES string of the molecule is CN(CCN(C)C(=O)OC(C)(C)C)Cc1nn2c(c1Br)CCC2. The number of ether oxygens (including phenoxy) is 1. The molecule has 2 heterocycles. The van der Waals surface area contributed by atoms with E-state index in [0.717, 1.165) is 36.2 Å². The summed E-state index contributed by atoms with van der Waals surface area (Å²) in [6, 6.07) is 0. The highest BCUT2D eigenvalue weighted by atomic mass is 79.9. The molecular weight excluding hydrogens is 360 g/mol. The third kappa shape index (κ3) is 4.94. The van der Waals surface area contributed by atoms with Crippen LogP contribution < -0.4 is 0 Å². The molecule has 0 aliphatic carbocycles. The molecule has 0 spiro atoms. The van der Waals surface area contributed by atoms with Gasteiger partial charge in [-0.05, 0) is 56.6 Å². The number of fused-ring (bicyclic) bond motifs is 1. The molecule has 6 nitrogen and oxygen atoms in total. The Bertz CT molecular complexity index is 565. The molecular formula is C16H27BrN4O2. The second-order valence-corrected chi connectivity index (χ2v) is 7.97. The smallest absolute Gasteiger partial charge is 0.410 e. The Hall–Kier alpha value is -1.08. The highest BCUT2D eigenvalue weighted by molar-refractivity contribution is 9.10. The number of likely N-dealkylation sites (N-methyl/N-ethyl adjacent to an activating group) is 2. The summed E-state index contributed by atoms with van der Waals surface area (Å²) >= 11 is 3.67. The van der Waals surface area contributed by atoms with Gasteiger partial charge in [-0.3, -0.25) is 9.58 Å². The van der Waals surface area contributed by atoms with Crippen LogP contribution in [0.3, 0.4) is 0 Å². The Balaban J connectivity index is 1.81. The van der Waals surface area contributed by atoms with Crippen LogP contribution >= 0.6 is 15.9 Å². The molecule has 7 heteroatoms. The molecule has 1 aromatic rings. The van der Waals surface area contributed by atoms with Gasteiger partial charge in [-0.25, -0.2) is 4.79 Å². The fourth-order valence-electron chi connectivity index (χ4n) is 2.54. The second-order valence-electron chi connectivity index (χ2n) is 7.17. The van der Waals surface area contributed by atoms with Crippen molar-refractivity contribution in [3.05, 3.63) is 15.9 Å². The number of nitrogens with zero attached hydrogens (tertiary/aromatic N) is 4. The van der Waals surface area contributed by atoms with Crippen molar-refractivity contribution in [2.75, 3.05) is 27.2 Å². The van der Waals surface area contributed by atoms with Crippen molar-refractivity contribution in [3.8, 4) is 0 Å². The molecule has 0 aromatic carbocycles. The van der Waals surface area contributed by atoms with Gasteiger partial charge in [-0.15, -0.1) is 0 Å². The van der Waals surface area contributed by atoms with Gasteiger partial charge >= 0.3 is 6.09 Å². The van der Waals surface area contributed by atoms with E-state index in [1.165, 1.54) is 12.1 Å². The zero-order chi connectivity index (χ0) is 17.2. The first-order valence-corrected chi connectivity index (χ1v) is 8.83. The predicted molar refractivity (Wildman–Crippen MR) is 93.4 cm³/mol. The molecule has 0 bridgehead atoms. The zero-order valence-electron chi connectivity index (χ0n) is 14.7. The molecule has 0 fully saturated rings. The number of aromatic nitrogens is 2. The summed E-state index contributed by atoms with van der Waals surface area (Å²) in [4.78, 5) is 15.7. The van der Waals surface area contributed by atoms with Crippen molar-refractivity contribution in [1.29, 1.82) is 0 Å². The average Bonchev–Trinajstić information content (AvgIpc) is 2.99. The number of rotatable bonds is 5. The Morgan fingerprint density at radius 1 is 1.35 bits per heavy atom. The summed E-state index contributed by atoms with van der Waals surface area (Å²) in [6.07, 6.45) is 1.99. The molecule has 1 amide bonds. The van der Waals surface area contributed by atoms with Crippen LogP contribution in [0.25, 0.3) is 0 Å². The fourth-order valence-corrected chi connectivity index (χ4v) is 3.15. The molecule has 0 saturated carbocycles. The van der Waals surface area contributed by atoms with E-state index >= 15 is 0 Å². The van der Waals surface area contributed by atoms with E-state index in [0.29, 0.717) is 6.54 Å². The van der Waals surface area contributed by atoms with Gasteiger partial charge in [-0.1, -0.05) is 0 Å². The molecule has 0 N–H and O–H groups in total. The first-order valence-electron chi connectivity index (χ1n) is 8.04. The van der Waals surface area contributed by atoms with E-state index in [9.17, 15) is 4.79 Å². The van der Waals surface area contributed by atoms with Crippen LogP contribution in [0.1, 0.15) is 38.6 Å². The van der Waals surface area contributed by atoms with Gasteiger partial charge in [-0.2, -0.15) is 5.10 Å². The second kappa shape index (κ2) is 7.21. The van der Waals surface area contributed by atoms with Crippen molar-refractivity contribution < 1.29 is 9.53 Å². The van der Waals surface area contributed by atoms with Crippen LogP contribution in [0.4, 0.5) is 4.79 Å². The van der Waals surface area contributed by atoms with Gasteiger partial charge in [0.15, 0.2) is 0 Å². The largest absolute Gasteiger partial charge is 0.444 e. The maximum absolute atomic E-state index is 11.9. The molecule has 0 atom stereocenters. The lowest BCUT2D eigenvalue weighted by molar-refractivity contribution is 0.0286. The minimum absolute atomic E-state index is 0.284. The fraction of sp³-hybridized carbons (Fsp3) is 0.750. The molecule has 130 valence electrons. The van der Waals surface area contributed by atoms with Crippen LogP contribution in [-0.4, -0.2) is 58.5 Å². The Morgan fingerprint density at radius 2 is 2.04 bits per heavy atom. The van der Waals surface area contributed by atoms with E-state index in [1.54, 1.807) is 11.9 Å². The normalized spacial score (nSPS) is 14.2. The lowest BCUT2D eigenvalue weighted by atomic mass is 10.2. The molecule has 1 aromatic heterocycles. The monoisotopic (exact) mass is 386 g/mol. The van der Waals surface area contributed by atoms with Crippen LogP contribution in [0.5, 0.6) is 0 Å². The van der Waals surface area contributed by atoms with Crippen LogP contribution in [-0.2, 0) is 24.2 Å². The highest BCUT2D eigenvalue weighted by Gasteiger charge is 2.22. The number of carbonyl (C=O) groups excluding carboxylic acids is 1. The van der Waals surface area contributed by atoms with Gasteiger partial charge in [0.1, 0.15) is 5.60 Å². The third-order valence-electron chi connectivity index (χ3n) is 3.79. The standard InChI is InChI=1S/C16H27BrN4O2/c1-16(2,3)23-15(22)20(5)10-9-19(4)11-12-14(17)13-7-6-8-21(13)18-12/h6-11H2,1-5H3. The molecule has 0 saturated heterocycles. The first-order chi connectivity index (χ1) is 10.7. The molecule has 1 aliphatic rings. The molecule has 1 aliphatic heterocycles. The van der Waals surface area contributed by atoms with E-state index in [-0.39, 0.29) is 6.09 Å². The molecule has 0 radical (unpaired) electrons. The van der Waals surface area contributed by atoms with E-state index in [1.807, 2.05) is 27.8 Å². The number of hydrogen-bond acceptors (Lipinski definition) is 4. The summed E-state index contributed by atoms with van der Waals surface area (Å²) in [7, 11) is 3.81. The molecule has 0 unspecified atom stereocenters. The number of carbonyl (C=O) groups is 1. The van der Waals surface area contributed by atoms with Crippen molar-refractivity contribution in [1.82, 2.24) is 19.6 Å². The van der Waals surface area contributed by atoms with Crippen molar-refractivity contribution >= 4 is 22.0 Å². The number of hydrogen-bond donors (Lipinski definition) is 0. The Kier molecular flexibility index (Phi) is 5.73. The number of halogens is 1. The summed E-state index contributed by atoms with van der Waals surface area (Å²) in [5.74, 6) is 0. The van der Waals surface area contributed by atoms with E-state index < -0.39 is 5.60 Å². The van der Waals surface area contributed by atoms with E-state index in [4.69, 9.17) is 4.74 Å². The molecule has 2 rings (SSSR count). The zero-order valence-corrected chi connectivity index (χ0v) is 16.3. The van der Waals surface area contributed by atoms with Gasteiger partial charge in [0.2, 0.25) is 0 Å². The van der Waals surface area contributed by atoms with Crippen LogP contribution in [0.2, 0.25) is 0 Å². The average molecular weight is 387 g/mol. The van der Waals surface area contributed by atoms with Crippen molar-refractivity contribution in [2.45, 2.75) is 52.3 Å². The quantitative estimate of drug-likeness (QED) is 0.780. The van der Waals surface area contributed by atoms with Crippen molar-refractivity contribution in [3.63, 3.8) is 0 Å². The lowest BCUT2D eigenvalue weighted by Gasteiger charge is -2.26. The van der Waals surface area contributed by atoms with E-state index in [2.05, 4.69) is 30.6 Å². The highest BCUT2D eigenvalue weighted by Crippen LogP contribution is 2.27. The van der Waals surface area contributed by atoms with Gasteiger partial charge in [0.25, 0.3) is 0 Å². The minimum Gasteiger partial charge on any atom is -0.444 e. The minimum atomic E-state index is -0.459. The van der Waals surface area contributed by atoms with Crippen LogP contribution in [0.15, 0.2) is 4.47 Å². The predicted octanol–water partition coefficient (Wildman–Crippen LogP) is 2.89. The summed E-state index contributed by atoms with van der Waals surface area (Å²) in [5, 5.41) is 4.66. The number of aryl methyl sites for hydroxylation is 1. The maximum Gasteiger partial charge on any atom is 0.410 e. The Morgan fingerprint density at radius 3 is 2.65 bits per heavy atom.